The minimum absolute atomic E-state index is 0.186. The van der Waals surface area contributed by atoms with Crippen molar-refractivity contribution in [2.24, 2.45) is 5.92 Å². The Kier molecular flexibility index (Phi) is 4.98. The molecule has 22 heavy (non-hydrogen) atoms. The summed E-state index contributed by atoms with van der Waals surface area (Å²) in [5, 5.41) is 5.48. The molecule has 0 aliphatic rings. The standard InChI is InChI=1S/C15H16F2N4O/c1-9(2)6-18-14(22)10-7-19-15(20-8-10)21-11-3-4-12(16)13(17)5-11/h3-5,7-9H,6H2,1-2H3,(H,18,22)(H,19,20,21). The Labute approximate surface area is 126 Å². The van der Waals surface area contributed by atoms with Crippen LogP contribution in [0.1, 0.15) is 24.2 Å². The van der Waals surface area contributed by atoms with E-state index in [1.54, 1.807) is 0 Å². The molecular weight excluding hydrogens is 290 g/mol. The van der Waals surface area contributed by atoms with Crippen LogP contribution >= 0.6 is 0 Å². The SMILES string of the molecule is CC(C)CNC(=O)c1cnc(Nc2ccc(F)c(F)c2)nc1. The number of carbonyl (C=O) groups is 1. The fraction of sp³-hybridized carbons (Fsp3) is 0.267. The Morgan fingerprint density at radius 2 is 1.86 bits per heavy atom. The van der Waals surface area contributed by atoms with E-state index in [9.17, 15) is 13.6 Å². The molecule has 2 rings (SSSR count). The van der Waals surface area contributed by atoms with Crippen molar-refractivity contribution in [3.05, 3.63) is 47.8 Å². The molecule has 1 amide bonds. The lowest BCUT2D eigenvalue weighted by Crippen LogP contribution is -2.27. The highest BCUT2D eigenvalue weighted by molar-refractivity contribution is 5.93. The van der Waals surface area contributed by atoms with Crippen molar-refractivity contribution >= 4 is 17.5 Å². The molecule has 0 radical (unpaired) electrons. The van der Waals surface area contributed by atoms with Crippen molar-refractivity contribution in [2.45, 2.75) is 13.8 Å². The van der Waals surface area contributed by atoms with Gasteiger partial charge in [0.15, 0.2) is 11.6 Å². The minimum Gasteiger partial charge on any atom is -0.352 e. The number of halogens is 2. The number of hydrogen-bond acceptors (Lipinski definition) is 4. The molecule has 0 aliphatic carbocycles. The third-order valence-electron chi connectivity index (χ3n) is 2.76. The van der Waals surface area contributed by atoms with Crippen LogP contribution in [0.3, 0.4) is 0 Å². The Morgan fingerprint density at radius 3 is 2.45 bits per heavy atom. The first-order valence-corrected chi connectivity index (χ1v) is 6.78. The lowest BCUT2D eigenvalue weighted by atomic mass is 10.2. The van der Waals surface area contributed by atoms with E-state index in [4.69, 9.17) is 0 Å². The fourth-order valence-corrected chi connectivity index (χ4v) is 1.61. The predicted molar refractivity (Wildman–Crippen MR) is 78.8 cm³/mol. The second kappa shape index (κ2) is 6.93. The number of rotatable bonds is 5. The monoisotopic (exact) mass is 306 g/mol. The Hall–Kier alpha value is -2.57. The van der Waals surface area contributed by atoms with Gasteiger partial charge in [-0.05, 0) is 18.1 Å². The van der Waals surface area contributed by atoms with Crippen LogP contribution in [-0.4, -0.2) is 22.4 Å². The van der Waals surface area contributed by atoms with Crippen molar-refractivity contribution in [3.63, 3.8) is 0 Å². The Bertz CT molecular complexity index is 659. The average molecular weight is 306 g/mol. The molecule has 2 aromatic rings. The number of carbonyl (C=O) groups excluding carboxylic acids is 1. The number of hydrogen-bond donors (Lipinski definition) is 2. The van der Waals surface area contributed by atoms with E-state index in [0.29, 0.717) is 23.7 Å². The summed E-state index contributed by atoms with van der Waals surface area (Å²) in [6.07, 6.45) is 2.73. The summed E-state index contributed by atoms with van der Waals surface area (Å²) >= 11 is 0. The van der Waals surface area contributed by atoms with Gasteiger partial charge in [-0.15, -0.1) is 0 Å². The third-order valence-corrected chi connectivity index (χ3v) is 2.76. The van der Waals surface area contributed by atoms with Crippen molar-refractivity contribution in [3.8, 4) is 0 Å². The lowest BCUT2D eigenvalue weighted by Gasteiger charge is -2.08. The molecule has 0 aliphatic heterocycles. The van der Waals surface area contributed by atoms with Gasteiger partial charge in [0.25, 0.3) is 5.91 Å². The number of nitrogens with zero attached hydrogens (tertiary/aromatic N) is 2. The molecule has 1 heterocycles. The highest BCUT2D eigenvalue weighted by atomic mass is 19.2. The molecule has 0 atom stereocenters. The second-order valence-electron chi connectivity index (χ2n) is 5.15. The van der Waals surface area contributed by atoms with Gasteiger partial charge in [0.1, 0.15) is 0 Å². The van der Waals surface area contributed by atoms with Gasteiger partial charge >= 0.3 is 0 Å². The summed E-state index contributed by atoms with van der Waals surface area (Å²) in [6.45, 7) is 4.55. The first kappa shape index (κ1) is 15.8. The molecule has 0 saturated carbocycles. The van der Waals surface area contributed by atoms with Gasteiger partial charge in [-0.3, -0.25) is 4.79 Å². The van der Waals surface area contributed by atoms with Crippen LogP contribution < -0.4 is 10.6 Å². The Balaban J connectivity index is 2.02. The van der Waals surface area contributed by atoms with E-state index in [1.807, 2.05) is 13.8 Å². The van der Waals surface area contributed by atoms with Crippen LogP contribution in [0.5, 0.6) is 0 Å². The van der Waals surface area contributed by atoms with Crippen LogP contribution in [0.15, 0.2) is 30.6 Å². The largest absolute Gasteiger partial charge is 0.352 e. The van der Waals surface area contributed by atoms with Gasteiger partial charge in [0.05, 0.1) is 5.56 Å². The summed E-state index contributed by atoms with van der Waals surface area (Å²) in [6, 6.07) is 3.37. The maximum atomic E-state index is 13.1. The van der Waals surface area contributed by atoms with Crippen LogP contribution in [0.2, 0.25) is 0 Å². The molecule has 0 bridgehead atoms. The normalized spacial score (nSPS) is 10.6. The smallest absolute Gasteiger partial charge is 0.254 e. The maximum absolute atomic E-state index is 13.1. The van der Waals surface area contributed by atoms with Crippen LogP contribution in [0.4, 0.5) is 20.4 Å². The predicted octanol–water partition coefficient (Wildman–Crippen LogP) is 2.88. The molecule has 1 aromatic carbocycles. The topological polar surface area (TPSA) is 66.9 Å². The summed E-state index contributed by atoms with van der Waals surface area (Å²) in [4.78, 5) is 19.7. The zero-order chi connectivity index (χ0) is 16.1. The van der Waals surface area contributed by atoms with E-state index in [2.05, 4.69) is 20.6 Å². The van der Waals surface area contributed by atoms with Crippen molar-refractivity contribution in [2.75, 3.05) is 11.9 Å². The van der Waals surface area contributed by atoms with E-state index >= 15 is 0 Å². The highest BCUT2D eigenvalue weighted by Crippen LogP contribution is 2.16. The molecule has 0 saturated heterocycles. The maximum Gasteiger partial charge on any atom is 0.254 e. The fourth-order valence-electron chi connectivity index (χ4n) is 1.61. The second-order valence-corrected chi connectivity index (χ2v) is 5.15. The summed E-state index contributed by atoms with van der Waals surface area (Å²) in [5.74, 6) is -1.61. The summed E-state index contributed by atoms with van der Waals surface area (Å²) in [5.41, 5.74) is 0.646. The number of amides is 1. The van der Waals surface area contributed by atoms with Crippen LogP contribution in [0.25, 0.3) is 0 Å². The molecule has 1 aromatic heterocycles. The molecule has 0 spiro atoms. The third kappa shape index (κ3) is 4.21. The first-order valence-electron chi connectivity index (χ1n) is 6.78. The first-order chi connectivity index (χ1) is 10.5. The van der Waals surface area contributed by atoms with Gasteiger partial charge in [0.2, 0.25) is 5.95 Å². The van der Waals surface area contributed by atoms with Crippen molar-refractivity contribution < 1.29 is 13.6 Å². The molecule has 116 valence electrons. The van der Waals surface area contributed by atoms with E-state index in [0.717, 1.165) is 12.1 Å². The van der Waals surface area contributed by atoms with Crippen molar-refractivity contribution in [1.82, 2.24) is 15.3 Å². The molecular formula is C15H16F2N4O. The summed E-state index contributed by atoms with van der Waals surface area (Å²) in [7, 11) is 0. The van der Waals surface area contributed by atoms with Gasteiger partial charge in [-0.1, -0.05) is 13.8 Å². The van der Waals surface area contributed by atoms with Gasteiger partial charge in [-0.25, -0.2) is 18.7 Å². The highest BCUT2D eigenvalue weighted by Gasteiger charge is 2.08. The molecule has 0 fully saturated rings. The molecule has 7 heteroatoms. The van der Waals surface area contributed by atoms with E-state index in [1.165, 1.54) is 18.5 Å². The number of anilines is 2. The number of aromatic nitrogens is 2. The zero-order valence-corrected chi connectivity index (χ0v) is 12.2. The van der Waals surface area contributed by atoms with E-state index < -0.39 is 11.6 Å². The molecule has 5 nitrogen and oxygen atoms in total. The zero-order valence-electron chi connectivity index (χ0n) is 12.2. The van der Waals surface area contributed by atoms with E-state index in [-0.39, 0.29) is 11.9 Å². The average Bonchev–Trinajstić information content (AvgIpc) is 2.49. The molecule has 0 unspecified atom stereocenters. The van der Waals surface area contributed by atoms with Crippen molar-refractivity contribution in [1.29, 1.82) is 0 Å². The molecule has 2 N–H and O–H groups in total. The van der Waals surface area contributed by atoms with Gasteiger partial charge in [0, 0.05) is 30.7 Å². The van der Waals surface area contributed by atoms with Crippen LogP contribution in [-0.2, 0) is 0 Å². The quantitative estimate of drug-likeness (QED) is 0.891. The minimum atomic E-state index is -0.963. The van der Waals surface area contributed by atoms with Crippen LogP contribution in [0, 0.1) is 17.6 Å². The lowest BCUT2D eigenvalue weighted by molar-refractivity contribution is 0.0948. The summed E-state index contributed by atoms with van der Waals surface area (Å²) < 4.78 is 25.9. The van der Waals surface area contributed by atoms with Gasteiger partial charge < -0.3 is 10.6 Å². The van der Waals surface area contributed by atoms with Gasteiger partial charge in [-0.2, -0.15) is 0 Å². The Morgan fingerprint density at radius 1 is 1.18 bits per heavy atom. The number of benzene rings is 1. The number of nitrogens with one attached hydrogen (secondary N) is 2.